The normalized spacial score (nSPS) is 11.4. The highest BCUT2D eigenvalue weighted by Gasteiger charge is 2.22. The second kappa shape index (κ2) is 7.85. The van der Waals surface area contributed by atoms with E-state index in [1.807, 2.05) is 6.92 Å². The lowest BCUT2D eigenvalue weighted by Crippen LogP contribution is -2.11. The van der Waals surface area contributed by atoms with Crippen LogP contribution in [0.5, 0.6) is 11.5 Å². The van der Waals surface area contributed by atoms with Crippen molar-refractivity contribution in [3.63, 3.8) is 0 Å². The first kappa shape index (κ1) is 20.5. The summed E-state index contributed by atoms with van der Waals surface area (Å²) >= 11 is 0. The molecule has 9 heteroatoms. The molecule has 0 bridgehead atoms. The molecule has 2 rings (SSSR count). The third-order valence-electron chi connectivity index (χ3n) is 4.14. The zero-order valence-electron chi connectivity index (χ0n) is 15.0. The van der Waals surface area contributed by atoms with Crippen LogP contribution in [0.15, 0.2) is 24.3 Å². The molecule has 2 aromatic carbocycles. The van der Waals surface area contributed by atoms with E-state index in [1.165, 1.54) is 12.1 Å². The number of carboxylic acids is 1. The van der Waals surface area contributed by atoms with Gasteiger partial charge in [-0.3, -0.25) is 9.52 Å². The lowest BCUT2D eigenvalue weighted by Gasteiger charge is -2.20. The molecule has 0 aromatic heterocycles. The average molecular weight is 394 g/mol. The first-order valence-corrected chi connectivity index (χ1v) is 10.1. The molecule has 0 fully saturated rings. The van der Waals surface area contributed by atoms with Gasteiger partial charge >= 0.3 is 5.97 Å². The Morgan fingerprint density at radius 2 is 1.78 bits per heavy atom. The SMILES string of the molecule is CCc1ccc(CC(=O)O)c(-c2ccc(O)c(NS(C)(=O)=O)c2O)c1CN. The Morgan fingerprint density at radius 3 is 2.30 bits per heavy atom. The van der Waals surface area contributed by atoms with Crippen LogP contribution in [0.3, 0.4) is 0 Å². The van der Waals surface area contributed by atoms with Gasteiger partial charge in [-0.1, -0.05) is 19.1 Å². The quantitative estimate of drug-likeness (QED) is 0.449. The molecule has 6 N–H and O–H groups in total. The number of anilines is 1. The largest absolute Gasteiger partial charge is 0.506 e. The molecule has 8 nitrogen and oxygen atoms in total. The number of aryl methyl sites for hydroxylation is 1. The van der Waals surface area contributed by atoms with Gasteiger partial charge in [0.05, 0.1) is 12.7 Å². The van der Waals surface area contributed by atoms with Crippen LogP contribution >= 0.6 is 0 Å². The Hall–Kier alpha value is -2.78. The van der Waals surface area contributed by atoms with Crippen LogP contribution in [0.25, 0.3) is 11.1 Å². The fourth-order valence-corrected chi connectivity index (χ4v) is 3.59. The van der Waals surface area contributed by atoms with Crippen LogP contribution in [-0.4, -0.2) is 36.0 Å². The van der Waals surface area contributed by atoms with E-state index < -0.39 is 27.5 Å². The fourth-order valence-electron chi connectivity index (χ4n) is 3.02. The van der Waals surface area contributed by atoms with Crippen LogP contribution in [0.1, 0.15) is 23.6 Å². The lowest BCUT2D eigenvalue weighted by atomic mass is 9.88. The number of carbonyl (C=O) groups is 1. The van der Waals surface area contributed by atoms with Gasteiger partial charge in [0.2, 0.25) is 10.0 Å². The number of nitrogens with one attached hydrogen (secondary N) is 1. The van der Waals surface area contributed by atoms with Crippen LogP contribution in [0.4, 0.5) is 5.69 Å². The first-order valence-electron chi connectivity index (χ1n) is 8.17. The van der Waals surface area contributed by atoms with Gasteiger partial charge in [0, 0.05) is 12.1 Å². The molecule has 27 heavy (non-hydrogen) atoms. The van der Waals surface area contributed by atoms with Gasteiger partial charge in [0.1, 0.15) is 11.4 Å². The standard InChI is InChI=1S/C18H22N2O6S/c1-3-10-4-5-11(8-15(22)23)16(13(10)9-19)12-6-7-14(21)17(18(12)24)20-27(2,25)26/h4-7,20-21,24H,3,8-9,19H2,1-2H3,(H,22,23). The fraction of sp³-hybridized carbons (Fsp3) is 0.278. The number of aliphatic carboxylic acids is 1. The summed E-state index contributed by atoms with van der Waals surface area (Å²) in [6.45, 7) is 2.02. The van der Waals surface area contributed by atoms with Crippen LogP contribution in [0.2, 0.25) is 0 Å². The Labute approximate surface area is 157 Å². The number of hydrogen-bond acceptors (Lipinski definition) is 6. The number of carboxylic acid groups (broad SMARTS) is 1. The molecule has 0 saturated heterocycles. The molecule has 0 heterocycles. The molecule has 0 atom stereocenters. The number of phenols is 2. The van der Waals surface area contributed by atoms with E-state index in [4.69, 9.17) is 5.73 Å². The molecule has 0 aliphatic heterocycles. The predicted octanol–water partition coefficient (Wildman–Crippen LogP) is 1.78. The van der Waals surface area contributed by atoms with E-state index >= 15 is 0 Å². The van der Waals surface area contributed by atoms with Crippen molar-refractivity contribution in [1.82, 2.24) is 0 Å². The Kier molecular flexibility index (Phi) is 5.97. The predicted molar refractivity (Wildman–Crippen MR) is 102 cm³/mol. The van der Waals surface area contributed by atoms with Gasteiger partial charge in [-0.2, -0.15) is 0 Å². The number of nitrogens with two attached hydrogens (primary N) is 1. The number of aromatic hydroxyl groups is 2. The van der Waals surface area contributed by atoms with Crippen molar-refractivity contribution in [2.45, 2.75) is 26.3 Å². The van der Waals surface area contributed by atoms with E-state index in [1.54, 1.807) is 12.1 Å². The van der Waals surface area contributed by atoms with Gasteiger partial charge in [-0.25, -0.2) is 8.42 Å². The summed E-state index contributed by atoms with van der Waals surface area (Å²) in [6.07, 6.45) is 1.22. The van der Waals surface area contributed by atoms with Crippen molar-refractivity contribution < 1.29 is 28.5 Å². The number of sulfonamides is 1. The van der Waals surface area contributed by atoms with E-state index in [9.17, 15) is 28.5 Å². The maximum Gasteiger partial charge on any atom is 0.307 e. The minimum Gasteiger partial charge on any atom is -0.506 e. The highest BCUT2D eigenvalue weighted by atomic mass is 32.2. The monoisotopic (exact) mass is 394 g/mol. The van der Waals surface area contributed by atoms with E-state index in [2.05, 4.69) is 4.72 Å². The van der Waals surface area contributed by atoms with Gasteiger partial charge in [-0.05, 0) is 40.8 Å². The summed E-state index contributed by atoms with van der Waals surface area (Å²) in [7, 11) is -3.77. The number of benzene rings is 2. The number of rotatable bonds is 7. The second-order valence-corrected chi connectivity index (χ2v) is 7.84. The molecule has 0 aliphatic rings. The molecule has 0 aliphatic carbocycles. The molecular weight excluding hydrogens is 372 g/mol. The van der Waals surface area contributed by atoms with Gasteiger partial charge in [0.25, 0.3) is 0 Å². The second-order valence-electron chi connectivity index (χ2n) is 6.10. The van der Waals surface area contributed by atoms with Crippen molar-refractivity contribution in [2.75, 3.05) is 11.0 Å². The molecule has 0 saturated carbocycles. The van der Waals surface area contributed by atoms with E-state index in [-0.39, 0.29) is 24.2 Å². The third kappa shape index (κ3) is 4.50. The summed E-state index contributed by atoms with van der Waals surface area (Å²) in [5, 5.41) is 29.8. The van der Waals surface area contributed by atoms with Crippen LogP contribution in [0, 0.1) is 0 Å². The molecule has 0 unspecified atom stereocenters. The highest BCUT2D eigenvalue weighted by Crippen LogP contribution is 2.44. The third-order valence-corrected chi connectivity index (χ3v) is 4.71. The molecule has 0 spiro atoms. The van der Waals surface area contributed by atoms with Gasteiger partial charge in [-0.15, -0.1) is 0 Å². The summed E-state index contributed by atoms with van der Waals surface area (Å²) in [5.74, 6) is -2.02. The maximum absolute atomic E-state index is 11.6. The maximum atomic E-state index is 11.6. The Bertz CT molecular complexity index is 986. The Balaban J connectivity index is 2.84. The van der Waals surface area contributed by atoms with Crippen molar-refractivity contribution >= 4 is 21.7 Å². The zero-order valence-corrected chi connectivity index (χ0v) is 15.8. The van der Waals surface area contributed by atoms with E-state index in [0.717, 1.165) is 11.8 Å². The minimum atomic E-state index is -3.77. The number of hydrogen-bond donors (Lipinski definition) is 5. The molecule has 2 aromatic rings. The van der Waals surface area contributed by atoms with Crippen molar-refractivity contribution in [3.05, 3.63) is 41.0 Å². The molecular formula is C18H22N2O6S. The highest BCUT2D eigenvalue weighted by molar-refractivity contribution is 7.92. The zero-order chi connectivity index (χ0) is 20.4. The van der Waals surface area contributed by atoms with Crippen molar-refractivity contribution in [2.24, 2.45) is 5.73 Å². The summed E-state index contributed by atoms with van der Waals surface area (Å²) in [4.78, 5) is 11.3. The van der Waals surface area contributed by atoms with E-state index in [0.29, 0.717) is 23.1 Å². The topological polar surface area (TPSA) is 150 Å². The minimum absolute atomic E-state index is 0.0983. The lowest BCUT2D eigenvalue weighted by molar-refractivity contribution is -0.136. The van der Waals surface area contributed by atoms with Crippen LogP contribution < -0.4 is 10.5 Å². The van der Waals surface area contributed by atoms with Crippen molar-refractivity contribution in [1.29, 1.82) is 0 Å². The Morgan fingerprint density at radius 1 is 1.15 bits per heavy atom. The van der Waals surface area contributed by atoms with Gasteiger partial charge < -0.3 is 21.1 Å². The summed E-state index contributed by atoms with van der Waals surface area (Å²) in [5.41, 5.74) is 8.09. The molecule has 0 amide bonds. The molecule has 146 valence electrons. The van der Waals surface area contributed by atoms with Gasteiger partial charge in [0.15, 0.2) is 5.75 Å². The average Bonchev–Trinajstić information content (AvgIpc) is 2.57. The summed E-state index contributed by atoms with van der Waals surface area (Å²) in [6, 6.07) is 6.07. The summed E-state index contributed by atoms with van der Waals surface area (Å²) < 4.78 is 25.2. The first-order chi connectivity index (χ1) is 12.6. The molecule has 0 radical (unpaired) electrons. The van der Waals surface area contributed by atoms with Crippen LogP contribution in [-0.2, 0) is 34.2 Å². The smallest absolute Gasteiger partial charge is 0.307 e. The number of phenolic OH excluding ortho intramolecular Hbond substituents is 2. The van der Waals surface area contributed by atoms with Crippen molar-refractivity contribution in [3.8, 4) is 22.6 Å².